The molecule has 0 saturated carbocycles. The van der Waals surface area contributed by atoms with Gasteiger partial charge in [-0.3, -0.25) is 0 Å². The Hall–Kier alpha value is -2.05. The Labute approximate surface area is 161 Å². The lowest BCUT2D eigenvalue weighted by Crippen LogP contribution is -2.57. The van der Waals surface area contributed by atoms with Crippen molar-refractivity contribution in [3.8, 4) is 11.5 Å². The van der Waals surface area contributed by atoms with E-state index in [1.807, 2.05) is 13.8 Å². The number of aliphatic carboxylic acids is 1. The monoisotopic (exact) mass is 428 g/mol. The maximum atomic E-state index is 12.9. The van der Waals surface area contributed by atoms with Crippen molar-refractivity contribution in [1.82, 2.24) is 9.62 Å². The van der Waals surface area contributed by atoms with Crippen molar-refractivity contribution in [3.63, 3.8) is 0 Å². The number of hydrogen-bond donors (Lipinski definition) is 2. The van der Waals surface area contributed by atoms with Crippen LogP contribution >= 0.6 is 0 Å². The molecule has 1 aromatic rings. The molecule has 1 aromatic carbocycles. The Morgan fingerprint density at radius 1 is 1.14 bits per heavy atom. The van der Waals surface area contributed by atoms with Crippen LogP contribution in [0, 0.1) is 0 Å². The first-order valence-corrected chi connectivity index (χ1v) is 9.56. The van der Waals surface area contributed by atoms with Gasteiger partial charge in [-0.05, 0) is 26.0 Å². The number of piperazine rings is 1. The fraction of sp³-hybridized carbons (Fsp3) is 0.562. The van der Waals surface area contributed by atoms with Gasteiger partial charge in [0.2, 0.25) is 10.0 Å². The van der Waals surface area contributed by atoms with E-state index in [-0.39, 0.29) is 17.0 Å². The molecule has 1 fully saturated rings. The highest BCUT2D eigenvalue weighted by atomic mass is 32.2. The maximum absolute atomic E-state index is 12.9. The van der Waals surface area contributed by atoms with Gasteiger partial charge in [0.1, 0.15) is 0 Å². The zero-order chi connectivity index (χ0) is 21.7. The zero-order valence-corrected chi connectivity index (χ0v) is 16.6. The molecule has 0 spiro atoms. The Bertz CT molecular complexity index is 775. The number of ether oxygens (including phenoxy) is 2. The van der Waals surface area contributed by atoms with Crippen LogP contribution in [0.2, 0.25) is 0 Å². The number of nitrogens with one attached hydrogen (secondary N) is 1. The van der Waals surface area contributed by atoms with Gasteiger partial charge in [-0.2, -0.15) is 17.5 Å². The SMILES string of the molecule is COc1ccc(S(=O)(=O)N2[C@H](C)CNC[C@@H]2C)cc1OC.O=C(O)C(F)(F)F. The number of rotatable bonds is 4. The van der Waals surface area contributed by atoms with Crippen LogP contribution in [0.15, 0.2) is 23.1 Å². The Kier molecular flexibility index (Phi) is 8.08. The quantitative estimate of drug-likeness (QED) is 0.752. The number of benzene rings is 1. The standard InChI is InChI=1S/C14H22N2O4S.C2HF3O2/c1-10-8-15-9-11(2)16(10)21(17,18)12-5-6-13(19-3)14(7-12)20-4;3-2(4,5)1(6)7/h5-7,10-11,15H,8-9H2,1-4H3;(H,6,7)/t10-,11+;. The minimum atomic E-state index is -5.08. The van der Waals surface area contributed by atoms with Crippen molar-refractivity contribution in [2.75, 3.05) is 27.3 Å². The fourth-order valence-electron chi connectivity index (χ4n) is 2.69. The molecule has 0 amide bonds. The molecule has 2 atom stereocenters. The lowest BCUT2D eigenvalue weighted by atomic mass is 10.2. The van der Waals surface area contributed by atoms with Gasteiger partial charge in [0, 0.05) is 31.2 Å². The van der Waals surface area contributed by atoms with Crippen LogP contribution in [0.4, 0.5) is 13.2 Å². The Balaban J connectivity index is 0.000000480. The highest BCUT2D eigenvalue weighted by molar-refractivity contribution is 7.89. The molecule has 1 aliphatic rings. The first-order valence-electron chi connectivity index (χ1n) is 8.12. The second-order valence-electron chi connectivity index (χ2n) is 6.01. The molecule has 8 nitrogen and oxygen atoms in total. The summed E-state index contributed by atoms with van der Waals surface area (Å²) in [6.45, 7) is 5.11. The van der Waals surface area contributed by atoms with Crippen LogP contribution in [0.1, 0.15) is 13.8 Å². The highest BCUT2D eigenvalue weighted by Gasteiger charge is 2.38. The molecule has 1 aliphatic heterocycles. The predicted octanol–water partition coefficient (Wildman–Crippen LogP) is 1.71. The summed E-state index contributed by atoms with van der Waals surface area (Å²) in [4.78, 5) is 9.12. The molecule has 1 saturated heterocycles. The topological polar surface area (TPSA) is 105 Å². The van der Waals surface area contributed by atoms with Crippen LogP contribution in [0.25, 0.3) is 0 Å². The molecular weight excluding hydrogens is 405 g/mol. The van der Waals surface area contributed by atoms with Crippen LogP contribution < -0.4 is 14.8 Å². The van der Waals surface area contributed by atoms with Crippen molar-refractivity contribution in [1.29, 1.82) is 0 Å². The van der Waals surface area contributed by atoms with E-state index in [1.165, 1.54) is 20.3 Å². The minimum absolute atomic E-state index is 0.0909. The van der Waals surface area contributed by atoms with Gasteiger partial charge in [-0.25, -0.2) is 13.2 Å². The Morgan fingerprint density at radius 2 is 1.61 bits per heavy atom. The molecule has 0 radical (unpaired) electrons. The number of alkyl halides is 3. The van der Waals surface area contributed by atoms with Gasteiger partial charge in [-0.1, -0.05) is 0 Å². The number of halogens is 3. The van der Waals surface area contributed by atoms with E-state index in [4.69, 9.17) is 19.4 Å². The van der Waals surface area contributed by atoms with E-state index in [0.717, 1.165) is 0 Å². The fourth-order valence-corrected chi connectivity index (χ4v) is 4.52. The second-order valence-corrected chi connectivity index (χ2v) is 7.85. The summed E-state index contributed by atoms with van der Waals surface area (Å²) >= 11 is 0. The van der Waals surface area contributed by atoms with E-state index in [9.17, 15) is 21.6 Å². The number of nitrogens with zero attached hydrogens (tertiary/aromatic N) is 1. The van der Waals surface area contributed by atoms with Crippen molar-refractivity contribution in [2.24, 2.45) is 0 Å². The molecule has 28 heavy (non-hydrogen) atoms. The van der Waals surface area contributed by atoms with Crippen LogP contribution in [-0.2, 0) is 14.8 Å². The van der Waals surface area contributed by atoms with Gasteiger partial charge in [0.25, 0.3) is 0 Å². The van der Waals surface area contributed by atoms with Crippen molar-refractivity contribution in [2.45, 2.75) is 37.0 Å². The molecule has 0 unspecified atom stereocenters. The minimum Gasteiger partial charge on any atom is -0.493 e. The van der Waals surface area contributed by atoms with Gasteiger partial charge in [0.05, 0.1) is 19.1 Å². The predicted molar refractivity (Wildman–Crippen MR) is 94.1 cm³/mol. The lowest BCUT2D eigenvalue weighted by molar-refractivity contribution is -0.192. The van der Waals surface area contributed by atoms with E-state index >= 15 is 0 Å². The first-order chi connectivity index (χ1) is 12.9. The molecule has 12 heteroatoms. The number of methoxy groups -OCH3 is 2. The maximum Gasteiger partial charge on any atom is 0.490 e. The van der Waals surface area contributed by atoms with Crippen LogP contribution in [-0.4, -0.2) is 69.4 Å². The summed E-state index contributed by atoms with van der Waals surface area (Å²) in [6.07, 6.45) is -5.08. The lowest BCUT2D eigenvalue weighted by Gasteiger charge is -2.38. The molecule has 2 N–H and O–H groups in total. The van der Waals surface area contributed by atoms with E-state index in [1.54, 1.807) is 16.4 Å². The largest absolute Gasteiger partial charge is 0.493 e. The third kappa shape index (κ3) is 5.72. The number of carboxylic acid groups (broad SMARTS) is 1. The third-order valence-electron chi connectivity index (χ3n) is 3.92. The van der Waals surface area contributed by atoms with E-state index in [0.29, 0.717) is 24.6 Å². The summed E-state index contributed by atoms with van der Waals surface area (Å²) < 4.78 is 69.4. The van der Waals surface area contributed by atoms with Gasteiger partial charge >= 0.3 is 12.1 Å². The molecular formula is C16H23F3N2O6S. The summed E-state index contributed by atoms with van der Waals surface area (Å²) in [7, 11) is -0.549. The van der Waals surface area contributed by atoms with Crippen molar-refractivity contribution >= 4 is 16.0 Å². The van der Waals surface area contributed by atoms with E-state index < -0.39 is 22.2 Å². The van der Waals surface area contributed by atoms with Crippen molar-refractivity contribution in [3.05, 3.63) is 18.2 Å². The molecule has 0 aromatic heterocycles. The van der Waals surface area contributed by atoms with Gasteiger partial charge in [-0.15, -0.1) is 0 Å². The zero-order valence-electron chi connectivity index (χ0n) is 15.8. The first kappa shape index (κ1) is 24.0. The molecule has 0 bridgehead atoms. The molecule has 2 rings (SSSR count). The smallest absolute Gasteiger partial charge is 0.490 e. The van der Waals surface area contributed by atoms with Crippen molar-refractivity contribution < 1.29 is 41.0 Å². The number of sulfonamides is 1. The highest BCUT2D eigenvalue weighted by Crippen LogP contribution is 2.32. The molecule has 160 valence electrons. The number of carbonyl (C=O) groups is 1. The Morgan fingerprint density at radius 3 is 2.00 bits per heavy atom. The summed E-state index contributed by atoms with van der Waals surface area (Å²) in [5.41, 5.74) is 0. The second kappa shape index (κ2) is 9.43. The van der Waals surface area contributed by atoms with Gasteiger partial charge < -0.3 is 19.9 Å². The summed E-state index contributed by atoms with van der Waals surface area (Å²) in [5, 5.41) is 10.4. The average molecular weight is 428 g/mol. The molecule has 0 aliphatic carbocycles. The number of carboxylic acids is 1. The van der Waals surface area contributed by atoms with Gasteiger partial charge in [0.15, 0.2) is 11.5 Å². The molecule has 1 heterocycles. The number of hydrogen-bond acceptors (Lipinski definition) is 6. The average Bonchev–Trinajstić information content (AvgIpc) is 2.60. The third-order valence-corrected chi connectivity index (χ3v) is 6.05. The van der Waals surface area contributed by atoms with E-state index in [2.05, 4.69) is 5.32 Å². The van der Waals surface area contributed by atoms with Crippen LogP contribution in [0.3, 0.4) is 0 Å². The summed E-state index contributed by atoms with van der Waals surface area (Å²) in [5.74, 6) is -1.83. The van der Waals surface area contributed by atoms with Crippen LogP contribution in [0.5, 0.6) is 11.5 Å². The summed E-state index contributed by atoms with van der Waals surface area (Å²) in [6, 6.07) is 4.50. The normalized spacial score (nSPS) is 20.7.